The number of anilines is 2. The summed E-state index contributed by atoms with van der Waals surface area (Å²) >= 11 is 0. The van der Waals surface area contributed by atoms with Crippen molar-refractivity contribution in [3.05, 3.63) is 53.7 Å². The van der Waals surface area contributed by atoms with Gasteiger partial charge in [0.05, 0.1) is 6.42 Å². The molecule has 140 valence electrons. The van der Waals surface area contributed by atoms with E-state index in [0.717, 1.165) is 11.1 Å². The van der Waals surface area contributed by atoms with Crippen molar-refractivity contribution in [3.63, 3.8) is 0 Å². The molecule has 1 heterocycles. The molecule has 2 rings (SSSR count). The van der Waals surface area contributed by atoms with Crippen LogP contribution in [0.25, 0.3) is 0 Å². The fourth-order valence-corrected chi connectivity index (χ4v) is 2.17. The molecule has 0 saturated heterocycles. The Balaban J connectivity index is 1.83. The molecule has 0 aliphatic carbocycles. The number of nitrogens with zero attached hydrogens (tertiary/aromatic N) is 2. The molecule has 1 aromatic heterocycles. The van der Waals surface area contributed by atoms with Crippen molar-refractivity contribution in [1.82, 2.24) is 10.4 Å². The minimum absolute atomic E-state index is 0.0462. The minimum atomic E-state index is -0.920. The zero-order valence-electron chi connectivity index (χ0n) is 15.4. The smallest absolute Gasteiger partial charge is 0.318 e. The summed E-state index contributed by atoms with van der Waals surface area (Å²) < 4.78 is 0. The molecule has 3 N–H and O–H groups in total. The lowest BCUT2D eigenvalue weighted by Gasteiger charge is -2.06. The van der Waals surface area contributed by atoms with Crippen LogP contribution in [-0.4, -0.2) is 28.4 Å². The third-order valence-electron chi connectivity index (χ3n) is 3.43. The molecular weight excluding hydrogens is 346 g/mol. The lowest BCUT2D eigenvalue weighted by molar-refractivity contribution is -0.136. The summed E-state index contributed by atoms with van der Waals surface area (Å²) in [5.41, 5.74) is 4.92. The number of pyridine rings is 1. The van der Waals surface area contributed by atoms with Gasteiger partial charge < -0.3 is 10.6 Å². The normalized spacial score (nSPS) is 10.9. The van der Waals surface area contributed by atoms with Gasteiger partial charge in [0.25, 0.3) is 0 Å². The first kappa shape index (κ1) is 19.8. The van der Waals surface area contributed by atoms with Crippen molar-refractivity contribution in [2.45, 2.75) is 27.2 Å². The number of aromatic nitrogens is 1. The highest BCUT2D eigenvalue weighted by molar-refractivity contribution is 6.39. The number of rotatable bonds is 5. The molecule has 8 nitrogen and oxygen atoms in total. The molecule has 0 aliphatic heterocycles. The van der Waals surface area contributed by atoms with Gasteiger partial charge in [-0.1, -0.05) is 12.1 Å². The van der Waals surface area contributed by atoms with Gasteiger partial charge in [-0.2, -0.15) is 5.10 Å². The van der Waals surface area contributed by atoms with Gasteiger partial charge in [-0.3, -0.25) is 14.4 Å². The van der Waals surface area contributed by atoms with Crippen LogP contribution in [0.5, 0.6) is 0 Å². The van der Waals surface area contributed by atoms with Crippen LogP contribution in [0.2, 0.25) is 0 Å². The van der Waals surface area contributed by atoms with Crippen molar-refractivity contribution in [2.75, 3.05) is 10.6 Å². The molecular formula is C19H21N5O3. The number of amides is 3. The summed E-state index contributed by atoms with van der Waals surface area (Å²) in [6.45, 7) is 5.34. The number of carbonyl (C=O) groups is 3. The number of nitrogens with one attached hydrogen (secondary N) is 3. The van der Waals surface area contributed by atoms with E-state index in [9.17, 15) is 14.4 Å². The fraction of sp³-hybridized carbons (Fsp3) is 0.211. The van der Waals surface area contributed by atoms with Gasteiger partial charge in [-0.15, -0.1) is 0 Å². The van der Waals surface area contributed by atoms with Crippen LogP contribution in [0.1, 0.15) is 24.5 Å². The van der Waals surface area contributed by atoms with Gasteiger partial charge in [-0.25, -0.2) is 10.4 Å². The number of hydrogen-bond donors (Lipinski definition) is 3. The summed E-state index contributed by atoms with van der Waals surface area (Å²) in [6.07, 6.45) is 1.55. The number of benzene rings is 1. The summed E-state index contributed by atoms with van der Waals surface area (Å²) in [5.74, 6) is -1.65. The van der Waals surface area contributed by atoms with Crippen molar-refractivity contribution in [1.29, 1.82) is 0 Å². The first-order chi connectivity index (χ1) is 12.8. The third kappa shape index (κ3) is 6.69. The van der Waals surface area contributed by atoms with E-state index in [1.54, 1.807) is 37.4 Å². The van der Waals surface area contributed by atoms with Crippen molar-refractivity contribution >= 4 is 34.9 Å². The Morgan fingerprint density at radius 2 is 1.74 bits per heavy atom. The third-order valence-corrected chi connectivity index (χ3v) is 3.43. The SMILES string of the molecule is C/C(CC(=O)Nc1cc(C)ccn1)=N/NC(=O)C(=O)Nc1cccc(C)c1. The predicted molar refractivity (Wildman–Crippen MR) is 103 cm³/mol. The molecule has 0 radical (unpaired) electrons. The molecule has 8 heteroatoms. The Kier molecular flexibility index (Phi) is 6.76. The van der Waals surface area contributed by atoms with E-state index in [0.29, 0.717) is 17.2 Å². The second kappa shape index (κ2) is 9.23. The molecule has 1 aromatic carbocycles. The number of aryl methyl sites for hydroxylation is 2. The van der Waals surface area contributed by atoms with Crippen LogP contribution < -0.4 is 16.1 Å². The van der Waals surface area contributed by atoms with Crippen LogP contribution in [0, 0.1) is 13.8 Å². The molecule has 0 bridgehead atoms. The van der Waals surface area contributed by atoms with E-state index in [4.69, 9.17) is 0 Å². The van der Waals surface area contributed by atoms with Gasteiger partial charge in [-0.05, 0) is 56.2 Å². The van der Waals surface area contributed by atoms with Gasteiger partial charge in [0.2, 0.25) is 5.91 Å². The van der Waals surface area contributed by atoms with E-state index >= 15 is 0 Å². The molecule has 0 unspecified atom stereocenters. The molecule has 3 amide bonds. The average Bonchev–Trinajstić information content (AvgIpc) is 2.59. The number of hydrazone groups is 1. The fourth-order valence-electron chi connectivity index (χ4n) is 2.17. The van der Waals surface area contributed by atoms with E-state index in [1.165, 1.54) is 0 Å². The summed E-state index contributed by atoms with van der Waals surface area (Å²) in [4.78, 5) is 39.7. The minimum Gasteiger partial charge on any atom is -0.318 e. The largest absolute Gasteiger partial charge is 0.329 e. The maximum absolute atomic E-state index is 12.0. The summed E-state index contributed by atoms with van der Waals surface area (Å²) in [7, 11) is 0. The Morgan fingerprint density at radius 3 is 2.44 bits per heavy atom. The molecule has 0 saturated carbocycles. The first-order valence-electron chi connectivity index (χ1n) is 8.27. The second-order valence-corrected chi connectivity index (χ2v) is 6.05. The maximum atomic E-state index is 12.0. The molecule has 0 atom stereocenters. The van der Waals surface area contributed by atoms with E-state index < -0.39 is 11.8 Å². The van der Waals surface area contributed by atoms with E-state index in [2.05, 4.69) is 26.1 Å². The number of carbonyl (C=O) groups excluding carboxylic acids is 3. The van der Waals surface area contributed by atoms with Crippen molar-refractivity contribution in [3.8, 4) is 0 Å². The highest BCUT2D eigenvalue weighted by Gasteiger charge is 2.13. The monoisotopic (exact) mass is 367 g/mol. The zero-order valence-corrected chi connectivity index (χ0v) is 15.4. The Morgan fingerprint density at radius 1 is 1.00 bits per heavy atom. The standard InChI is InChI=1S/C19H21N5O3/c1-12-5-4-6-15(9-12)21-18(26)19(27)24-23-14(3)11-17(25)22-16-10-13(2)7-8-20-16/h4-10H,11H2,1-3H3,(H,21,26)(H,24,27)(H,20,22,25)/b23-14-. The maximum Gasteiger partial charge on any atom is 0.329 e. The second-order valence-electron chi connectivity index (χ2n) is 6.05. The van der Waals surface area contributed by atoms with Crippen molar-refractivity contribution < 1.29 is 14.4 Å². The van der Waals surface area contributed by atoms with Gasteiger partial charge in [0.1, 0.15) is 5.82 Å². The van der Waals surface area contributed by atoms with Gasteiger partial charge in [0, 0.05) is 17.6 Å². The lowest BCUT2D eigenvalue weighted by Crippen LogP contribution is -2.33. The highest BCUT2D eigenvalue weighted by Crippen LogP contribution is 2.09. The number of hydrogen-bond acceptors (Lipinski definition) is 5. The topological polar surface area (TPSA) is 113 Å². The quantitative estimate of drug-likeness (QED) is 0.427. The van der Waals surface area contributed by atoms with E-state index in [1.807, 2.05) is 26.0 Å². The summed E-state index contributed by atoms with van der Waals surface area (Å²) in [5, 5.41) is 8.89. The Bertz CT molecular complexity index is 892. The van der Waals surface area contributed by atoms with Crippen molar-refractivity contribution in [2.24, 2.45) is 5.10 Å². The van der Waals surface area contributed by atoms with Crippen LogP contribution >= 0.6 is 0 Å². The first-order valence-corrected chi connectivity index (χ1v) is 8.27. The molecule has 2 aromatic rings. The Labute approximate surface area is 157 Å². The summed E-state index contributed by atoms with van der Waals surface area (Å²) in [6, 6.07) is 10.6. The Hall–Kier alpha value is -3.55. The zero-order chi connectivity index (χ0) is 19.8. The molecule has 0 fully saturated rings. The van der Waals surface area contributed by atoms with Gasteiger partial charge >= 0.3 is 11.8 Å². The van der Waals surface area contributed by atoms with E-state index in [-0.39, 0.29) is 12.3 Å². The highest BCUT2D eigenvalue weighted by atomic mass is 16.2. The molecule has 27 heavy (non-hydrogen) atoms. The van der Waals surface area contributed by atoms with Crippen LogP contribution in [-0.2, 0) is 14.4 Å². The average molecular weight is 367 g/mol. The van der Waals surface area contributed by atoms with Crippen LogP contribution in [0.3, 0.4) is 0 Å². The van der Waals surface area contributed by atoms with Gasteiger partial charge in [0.15, 0.2) is 0 Å². The van der Waals surface area contributed by atoms with Crippen LogP contribution in [0.15, 0.2) is 47.7 Å². The lowest BCUT2D eigenvalue weighted by atomic mass is 10.2. The predicted octanol–water partition coefficient (Wildman–Crippen LogP) is 2.16. The van der Waals surface area contributed by atoms with Crippen LogP contribution in [0.4, 0.5) is 11.5 Å². The molecule has 0 aliphatic rings. The molecule has 0 spiro atoms.